The van der Waals surface area contributed by atoms with E-state index >= 15 is 0 Å². The van der Waals surface area contributed by atoms with Gasteiger partial charge in [-0.3, -0.25) is 4.79 Å². The highest BCUT2D eigenvalue weighted by Gasteiger charge is 2.05. The van der Waals surface area contributed by atoms with Crippen LogP contribution in [0.2, 0.25) is 5.02 Å². The lowest BCUT2D eigenvalue weighted by atomic mass is 10.2. The fourth-order valence-electron chi connectivity index (χ4n) is 1.16. The highest BCUT2D eigenvalue weighted by Crippen LogP contribution is 2.27. The summed E-state index contributed by atoms with van der Waals surface area (Å²) in [6.07, 6.45) is 0. The second kappa shape index (κ2) is 5.46. The summed E-state index contributed by atoms with van der Waals surface area (Å²) in [4.78, 5) is 11.2. The molecule has 1 rings (SSSR count). The Labute approximate surface area is 93.8 Å². The number of benzene rings is 1. The molecule has 0 aromatic heterocycles. The maximum atomic E-state index is 11.2. The summed E-state index contributed by atoms with van der Waals surface area (Å²) in [5, 5.41) is 6.08. The van der Waals surface area contributed by atoms with Crippen LogP contribution in [0.25, 0.3) is 0 Å². The van der Waals surface area contributed by atoms with E-state index in [0.717, 1.165) is 0 Å². The van der Waals surface area contributed by atoms with Crippen LogP contribution in [-0.2, 0) is 4.79 Å². The largest absolute Gasteiger partial charge is 0.397 e. The third kappa shape index (κ3) is 3.32. The molecule has 0 saturated carbocycles. The Morgan fingerprint density at radius 1 is 1.53 bits per heavy atom. The van der Waals surface area contributed by atoms with Crippen molar-refractivity contribution in [2.24, 2.45) is 0 Å². The maximum absolute atomic E-state index is 11.2. The van der Waals surface area contributed by atoms with E-state index in [2.05, 4.69) is 10.6 Å². The van der Waals surface area contributed by atoms with Crippen molar-refractivity contribution >= 4 is 28.9 Å². The number of carbonyl (C=O) groups excluding carboxylic acids is 1. The molecule has 4 N–H and O–H groups in total. The summed E-state index contributed by atoms with van der Waals surface area (Å²) in [7, 11) is 0. The van der Waals surface area contributed by atoms with E-state index in [4.69, 9.17) is 17.3 Å². The van der Waals surface area contributed by atoms with Crippen molar-refractivity contribution in [3.05, 3.63) is 23.2 Å². The minimum atomic E-state index is -0.0863. The van der Waals surface area contributed by atoms with Crippen molar-refractivity contribution in [3.8, 4) is 0 Å². The number of halogens is 1. The van der Waals surface area contributed by atoms with Gasteiger partial charge >= 0.3 is 0 Å². The number of para-hydroxylation sites is 1. The predicted octanol–water partition coefficient (Wildman–Crippen LogP) is 1.47. The first-order valence-corrected chi connectivity index (χ1v) is 5.07. The van der Waals surface area contributed by atoms with Crippen LogP contribution < -0.4 is 16.4 Å². The molecule has 4 nitrogen and oxygen atoms in total. The molecule has 1 aromatic rings. The van der Waals surface area contributed by atoms with Crippen LogP contribution in [0, 0.1) is 0 Å². The van der Waals surface area contributed by atoms with Gasteiger partial charge < -0.3 is 16.4 Å². The van der Waals surface area contributed by atoms with Gasteiger partial charge in [0.2, 0.25) is 5.91 Å². The molecule has 5 heteroatoms. The summed E-state index contributed by atoms with van der Waals surface area (Å²) in [6.45, 7) is 2.64. The molecule has 0 aliphatic heterocycles. The number of anilines is 2. The third-order valence-electron chi connectivity index (χ3n) is 1.85. The zero-order valence-corrected chi connectivity index (χ0v) is 9.27. The topological polar surface area (TPSA) is 67.2 Å². The molecule has 0 radical (unpaired) electrons. The molecule has 0 bridgehead atoms. The average molecular weight is 228 g/mol. The van der Waals surface area contributed by atoms with Crippen LogP contribution in [0.15, 0.2) is 18.2 Å². The number of nitrogen functional groups attached to an aromatic ring is 1. The first-order valence-electron chi connectivity index (χ1n) is 4.69. The fraction of sp³-hybridized carbons (Fsp3) is 0.300. The predicted molar refractivity (Wildman–Crippen MR) is 63.0 cm³/mol. The van der Waals surface area contributed by atoms with E-state index < -0.39 is 0 Å². The molecule has 1 amide bonds. The monoisotopic (exact) mass is 227 g/mol. The Morgan fingerprint density at radius 3 is 2.87 bits per heavy atom. The molecule has 15 heavy (non-hydrogen) atoms. The van der Waals surface area contributed by atoms with E-state index in [0.29, 0.717) is 22.9 Å². The van der Waals surface area contributed by atoms with Crippen molar-refractivity contribution in [2.45, 2.75) is 6.92 Å². The molecule has 0 saturated heterocycles. The summed E-state index contributed by atoms with van der Waals surface area (Å²) in [6, 6.07) is 5.21. The van der Waals surface area contributed by atoms with Crippen LogP contribution in [0.3, 0.4) is 0 Å². The zero-order chi connectivity index (χ0) is 11.3. The van der Waals surface area contributed by atoms with Crippen molar-refractivity contribution in [1.82, 2.24) is 5.32 Å². The number of hydrogen-bond acceptors (Lipinski definition) is 3. The summed E-state index contributed by atoms with van der Waals surface area (Å²) >= 11 is 5.92. The minimum absolute atomic E-state index is 0.0863. The molecule has 0 heterocycles. The van der Waals surface area contributed by atoms with Gasteiger partial charge in [-0.15, -0.1) is 0 Å². The Bertz CT molecular complexity index is 334. The Morgan fingerprint density at radius 2 is 2.27 bits per heavy atom. The highest BCUT2D eigenvalue weighted by atomic mass is 35.5. The Hall–Kier alpha value is -1.42. The standard InChI is InChI=1S/C10H14ClN3O/c1-2-13-9(15)6-14-10-7(11)4-3-5-8(10)12/h3-5,14H,2,6,12H2,1H3,(H,13,15). The second-order valence-corrected chi connectivity index (χ2v) is 3.42. The summed E-state index contributed by atoms with van der Waals surface area (Å²) in [5.41, 5.74) is 6.84. The quantitative estimate of drug-likeness (QED) is 0.683. The van der Waals surface area contributed by atoms with Gasteiger partial charge in [-0.25, -0.2) is 0 Å². The first kappa shape index (κ1) is 11.7. The molecule has 0 aliphatic carbocycles. The Kier molecular flexibility index (Phi) is 4.24. The zero-order valence-electron chi connectivity index (χ0n) is 8.51. The fourth-order valence-corrected chi connectivity index (χ4v) is 1.40. The lowest BCUT2D eigenvalue weighted by Crippen LogP contribution is -2.29. The molecule has 0 unspecified atom stereocenters. The number of likely N-dealkylation sites (N-methyl/N-ethyl adjacent to an activating group) is 1. The molecular weight excluding hydrogens is 214 g/mol. The van der Waals surface area contributed by atoms with Gasteiger partial charge in [-0.1, -0.05) is 17.7 Å². The Balaban J connectivity index is 2.61. The van der Waals surface area contributed by atoms with Crippen molar-refractivity contribution in [1.29, 1.82) is 0 Å². The van der Waals surface area contributed by atoms with Crippen LogP contribution in [0.4, 0.5) is 11.4 Å². The van der Waals surface area contributed by atoms with Crippen molar-refractivity contribution in [3.63, 3.8) is 0 Å². The van der Waals surface area contributed by atoms with Gasteiger partial charge in [0.1, 0.15) is 0 Å². The number of hydrogen-bond donors (Lipinski definition) is 3. The van der Waals surface area contributed by atoms with E-state index in [-0.39, 0.29) is 12.5 Å². The normalized spacial score (nSPS) is 9.73. The van der Waals surface area contributed by atoms with Crippen molar-refractivity contribution in [2.75, 3.05) is 24.1 Å². The minimum Gasteiger partial charge on any atom is -0.397 e. The number of amides is 1. The van der Waals surface area contributed by atoms with E-state index in [1.165, 1.54) is 0 Å². The molecule has 0 aliphatic rings. The van der Waals surface area contributed by atoms with E-state index in [1.54, 1.807) is 18.2 Å². The molecule has 0 spiro atoms. The molecule has 0 fully saturated rings. The lowest BCUT2D eigenvalue weighted by molar-refractivity contribution is -0.119. The highest BCUT2D eigenvalue weighted by molar-refractivity contribution is 6.33. The van der Waals surface area contributed by atoms with Crippen LogP contribution in [0.5, 0.6) is 0 Å². The van der Waals surface area contributed by atoms with Gasteiger partial charge in [0.25, 0.3) is 0 Å². The van der Waals surface area contributed by atoms with Gasteiger partial charge in [-0.05, 0) is 19.1 Å². The van der Waals surface area contributed by atoms with Gasteiger partial charge in [0, 0.05) is 6.54 Å². The summed E-state index contributed by atoms with van der Waals surface area (Å²) < 4.78 is 0. The lowest BCUT2D eigenvalue weighted by Gasteiger charge is -2.10. The van der Waals surface area contributed by atoms with Gasteiger partial charge in [0.05, 0.1) is 22.9 Å². The molecule has 0 atom stereocenters. The van der Waals surface area contributed by atoms with Crippen LogP contribution in [0.1, 0.15) is 6.92 Å². The summed E-state index contributed by atoms with van der Waals surface area (Å²) in [5.74, 6) is -0.0863. The number of nitrogens with one attached hydrogen (secondary N) is 2. The molecular formula is C10H14ClN3O. The number of rotatable bonds is 4. The van der Waals surface area contributed by atoms with E-state index in [1.807, 2.05) is 6.92 Å². The number of nitrogens with two attached hydrogens (primary N) is 1. The maximum Gasteiger partial charge on any atom is 0.239 e. The van der Waals surface area contributed by atoms with Crippen LogP contribution in [-0.4, -0.2) is 19.0 Å². The van der Waals surface area contributed by atoms with E-state index in [9.17, 15) is 4.79 Å². The average Bonchev–Trinajstić information content (AvgIpc) is 2.17. The SMILES string of the molecule is CCNC(=O)CNc1c(N)cccc1Cl. The first-order chi connectivity index (χ1) is 7.15. The number of carbonyl (C=O) groups is 1. The van der Waals surface area contributed by atoms with Crippen molar-refractivity contribution < 1.29 is 4.79 Å². The third-order valence-corrected chi connectivity index (χ3v) is 2.16. The molecule has 82 valence electrons. The van der Waals surface area contributed by atoms with Gasteiger partial charge in [-0.2, -0.15) is 0 Å². The smallest absolute Gasteiger partial charge is 0.239 e. The molecule has 1 aromatic carbocycles. The second-order valence-electron chi connectivity index (χ2n) is 3.01. The van der Waals surface area contributed by atoms with Gasteiger partial charge in [0.15, 0.2) is 0 Å². The van der Waals surface area contributed by atoms with Crippen LogP contribution >= 0.6 is 11.6 Å².